The second-order valence-corrected chi connectivity index (χ2v) is 4.22. The molecule has 0 fully saturated rings. The van der Waals surface area contributed by atoms with E-state index in [-0.39, 0.29) is 11.7 Å². The number of hydrogen-bond donors (Lipinski definition) is 0. The zero-order valence-corrected chi connectivity index (χ0v) is 10.9. The summed E-state index contributed by atoms with van der Waals surface area (Å²) in [4.78, 5) is 0. The SMILES string of the molecule is CCc1cccc(Oc2cccc(F)c2CCl)c1. The van der Waals surface area contributed by atoms with Crippen LogP contribution in [0.15, 0.2) is 42.5 Å². The third-order valence-electron chi connectivity index (χ3n) is 2.74. The first-order valence-electron chi connectivity index (χ1n) is 5.84. The van der Waals surface area contributed by atoms with Crippen molar-refractivity contribution >= 4 is 11.6 Å². The summed E-state index contributed by atoms with van der Waals surface area (Å²) in [5.41, 5.74) is 1.57. The van der Waals surface area contributed by atoms with Crippen LogP contribution in [0.4, 0.5) is 4.39 Å². The first-order valence-corrected chi connectivity index (χ1v) is 6.38. The third-order valence-corrected chi connectivity index (χ3v) is 3.01. The minimum atomic E-state index is -0.339. The first-order chi connectivity index (χ1) is 8.74. The van der Waals surface area contributed by atoms with E-state index in [1.807, 2.05) is 24.3 Å². The van der Waals surface area contributed by atoms with Crippen molar-refractivity contribution in [2.24, 2.45) is 0 Å². The van der Waals surface area contributed by atoms with Crippen molar-refractivity contribution in [3.05, 3.63) is 59.4 Å². The van der Waals surface area contributed by atoms with Gasteiger partial charge in [0.25, 0.3) is 0 Å². The van der Waals surface area contributed by atoms with E-state index in [1.54, 1.807) is 12.1 Å². The van der Waals surface area contributed by atoms with Gasteiger partial charge < -0.3 is 4.74 Å². The molecule has 1 nitrogen and oxygen atoms in total. The molecule has 0 saturated carbocycles. The van der Waals surface area contributed by atoms with Gasteiger partial charge in [0.2, 0.25) is 0 Å². The normalized spacial score (nSPS) is 10.4. The van der Waals surface area contributed by atoms with Crippen LogP contribution in [0.5, 0.6) is 11.5 Å². The summed E-state index contributed by atoms with van der Waals surface area (Å²) in [5.74, 6) is 0.925. The lowest BCUT2D eigenvalue weighted by atomic mass is 10.1. The van der Waals surface area contributed by atoms with Crippen LogP contribution < -0.4 is 4.74 Å². The lowest BCUT2D eigenvalue weighted by Gasteiger charge is -2.10. The largest absolute Gasteiger partial charge is 0.457 e. The Morgan fingerprint density at radius 2 is 1.94 bits per heavy atom. The Labute approximate surface area is 111 Å². The summed E-state index contributed by atoms with van der Waals surface area (Å²) in [6.07, 6.45) is 0.933. The van der Waals surface area contributed by atoms with E-state index in [1.165, 1.54) is 11.6 Å². The second kappa shape index (κ2) is 5.87. The van der Waals surface area contributed by atoms with Gasteiger partial charge in [0, 0.05) is 5.56 Å². The van der Waals surface area contributed by atoms with Gasteiger partial charge in [0.1, 0.15) is 17.3 Å². The summed E-state index contributed by atoms with van der Waals surface area (Å²) in [7, 11) is 0. The molecular weight excluding hydrogens is 251 g/mol. The summed E-state index contributed by atoms with van der Waals surface area (Å²) in [6.45, 7) is 2.07. The fourth-order valence-electron chi connectivity index (χ4n) is 1.72. The van der Waals surface area contributed by atoms with Gasteiger partial charge >= 0.3 is 0 Å². The molecule has 3 heteroatoms. The van der Waals surface area contributed by atoms with Gasteiger partial charge in [-0.2, -0.15) is 0 Å². The highest BCUT2D eigenvalue weighted by Crippen LogP contribution is 2.28. The Balaban J connectivity index is 2.30. The highest BCUT2D eigenvalue weighted by Gasteiger charge is 2.09. The van der Waals surface area contributed by atoms with Crippen molar-refractivity contribution < 1.29 is 9.13 Å². The molecule has 0 aliphatic rings. The van der Waals surface area contributed by atoms with Crippen molar-refractivity contribution in [2.45, 2.75) is 19.2 Å². The van der Waals surface area contributed by atoms with Crippen molar-refractivity contribution in [3.8, 4) is 11.5 Å². The minimum absolute atomic E-state index is 0.0927. The molecule has 0 aliphatic carbocycles. The average Bonchev–Trinajstić information content (AvgIpc) is 2.39. The molecule has 0 spiro atoms. The van der Waals surface area contributed by atoms with Crippen molar-refractivity contribution in [2.75, 3.05) is 0 Å². The van der Waals surface area contributed by atoms with Crippen LogP contribution >= 0.6 is 11.6 Å². The lowest BCUT2D eigenvalue weighted by Crippen LogP contribution is -1.93. The Morgan fingerprint density at radius 1 is 1.17 bits per heavy atom. The number of ether oxygens (including phenoxy) is 1. The van der Waals surface area contributed by atoms with Crippen LogP contribution in [0, 0.1) is 5.82 Å². The first kappa shape index (κ1) is 12.9. The number of benzene rings is 2. The molecule has 2 rings (SSSR count). The lowest BCUT2D eigenvalue weighted by molar-refractivity contribution is 0.470. The maximum atomic E-state index is 13.5. The molecule has 0 unspecified atom stereocenters. The Bertz CT molecular complexity index is 540. The maximum absolute atomic E-state index is 13.5. The van der Waals surface area contributed by atoms with Crippen LogP contribution in [0.1, 0.15) is 18.1 Å². The molecule has 0 N–H and O–H groups in total. The van der Waals surface area contributed by atoms with Crippen molar-refractivity contribution in [1.82, 2.24) is 0 Å². The van der Waals surface area contributed by atoms with Crippen LogP contribution in [0.25, 0.3) is 0 Å². The third kappa shape index (κ3) is 2.82. The van der Waals surface area contributed by atoms with Gasteiger partial charge in [-0.25, -0.2) is 4.39 Å². The molecule has 2 aromatic rings. The monoisotopic (exact) mass is 264 g/mol. The highest BCUT2D eigenvalue weighted by atomic mass is 35.5. The summed E-state index contributed by atoms with van der Waals surface area (Å²) in [5, 5.41) is 0. The summed E-state index contributed by atoms with van der Waals surface area (Å²) >= 11 is 5.74. The highest BCUT2D eigenvalue weighted by molar-refractivity contribution is 6.17. The summed E-state index contributed by atoms with van der Waals surface area (Å²) in [6, 6.07) is 12.5. The molecule has 18 heavy (non-hydrogen) atoms. The van der Waals surface area contributed by atoms with Crippen molar-refractivity contribution in [1.29, 1.82) is 0 Å². The predicted molar refractivity (Wildman–Crippen MR) is 71.9 cm³/mol. The molecule has 0 heterocycles. The van der Waals surface area contributed by atoms with Gasteiger partial charge in [-0.15, -0.1) is 11.6 Å². The standard InChI is InChI=1S/C15H14ClFO/c1-2-11-5-3-6-12(9-11)18-15-8-4-7-14(17)13(15)10-16/h3-9H,2,10H2,1H3. The molecule has 0 aromatic heterocycles. The van der Waals surface area contributed by atoms with E-state index in [0.717, 1.165) is 6.42 Å². The fraction of sp³-hybridized carbons (Fsp3) is 0.200. The molecule has 0 saturated heterocycles. The van der Waals surface area contributed by atoms with Gasteiger partial charge in [0.15, 0.2) is 0 Å². The molecule has 2 aromatic carbocycles. The fourth-order valence-corrected chi connectivity index (χ4v) is 1.98. The van der Waals surface area contributed by atoms with Gasteiger partial charge in [-0.3, -0.25) is 0 Å². The predicted octanol–water partition coefficient (Wildman–Crippen LogP) is 4.92. The maximum Gasteiger partial charge on any atom is 0.134 e. The zero-order valence-electron chi connectivity index (χ0n) is 10.1. The molecular formula is C15H14ClFO. The van der Waals surface area contributed by atoms with E-state index in [0.29, 0.717) is 17.1 Å². The smallest absolute Gasteiger partial charge is 0.134 e. The Morgan fingerprint density at radius 3 is 2.67 bits per heavy atom. The Kier molecular flexibility index (Phi) is 4.21. The van der Waals surface area contributed by atoms with Crippen LogP contribution in [-0.4, -0.2) is 0 Å². The quantitative estimate of drug-likeness (QED) is 0.712. The van der Waals surface area contributed by atoms with E-state index >= 15 is 0 Å². The van der Waals surface area contributed by atoms with Gasteiger partial charge in [0.05, 0.1) is 5.88 Å². The van der Waals surface area contributed by atoms with Crippen LogP contribution in [0.2, 0.25) is 0 Å². The van der Waals surface area contributed by atoms with Crippen LogP contribution in [0.3, 0.4) is 0 Å². The minimum Gasteiger partial charge on any atom is -0.457 e. The summed E-state index contributed by atoms with van der Waals surface area (Å²) < 4.78 is 19.2. The topological polar surface area (TPSA) is 9.23 Å². The molecule has 0 amide bonds. The van der Waals surface area contributed by atoms with E-state index in [2.05, 4.69) is 6.92 Å². The molecule has 0 atom stereocenters. The van der Waals surface area contributed by atoms with Gasteiger partial charge in [-0.1, -0.05) is 25.1 Å². The van der Waals surface area contributed by atoms with E-state index in [9.17, 15) is 4.39 Å². The second-order valence-electron chi connectivity index (χ2n) is 3.95. The molecule has 0 radical (unpaired) electrons. The number of hydrogen-bond acceptors (Lipinski definition) is 1. The molecule has 94 valence electrons. The Hall–Kier alpha value is -1.54. The van der Waals surface area contributed by atoms with E-state index < -0.39 is 0 Å². The number of rotatable bonds is 4. The number of aryl methyl sites for hydroxylation is 1. The van der Waals surface area contributed by atoms with Crippen molar-refractivity contribution in [3.63, 3.8) is 0 Å². The van der Waals surface area contributed by atoms with Crippen LogP contribution in [-0.2, 0) is 12.3 Å². The van der Waals surface area contributed by atoms with E-state index in [4.69, 9.17) is 16.3 Å². The number of halogens is 2. The van der Waals surface area contributed by atoms with Gasteiger partial charge in [-0.05, 0) is 36.2 Å². The molecule has 0 aliphatic heterocycles. The zero-order chi connectivity index (χ0) is 13.0. The average molecular weight is 265 g/mol. The number of alkyl halides is 1. The molecule has 0 bridgehead atoms.